The van der Waals surface area contributed by atoms with Gasteiger partial charge in [-0.2, -0.15) is 0 Å². The molecule has 8 heteroatoms. The Morgan fingerprint density at radius 2 is 1.95 bits per heavy atom. The van der Waals surface area contributed by atoms with E-state index in [1.54, 1.807) is 6.92 Å². The highest BCUT2D eigenvalue weighted by molar-refractivity contribution is 7.92. The second-order valence-corrected chi connectivity index (χ2v) is 6.57. The summed E-state index contributed by atoms with van der Waals surface area (Å²) in [6.07, 6.45) is 2.77. The smallest absolute Gasteiger partial charge is 0.263 e. The van der Waals surface area contributed by atoms with Crippen molar-refractivity contribution in [1.29, 1.82) is 0 Å². The minimum absolute atomic E-state index is 0.0872. The molecule has 0 aliphatic rings. The number of nitrogens with zero attached hydrogens (tertiary/aromatic N) is 1. The standard InChI is InChI=1S/C12H11Cl2N3O2S/c1-7-4-9(14)12(5-10(7)15)20(18,19)17-11-6-16-3-2-8(11)13/h2-6,17H,15H2,1H3. The predicted molar refractivity (Wildman–Crippen MR) is 80.7 cm³/mol. The third-order valence-corrected chi connectivity index (χ3v) is 4.78. The molecule has 0 aliphatic carbocycles. The molecule has 0 atom stereocenters. The molecule has 0 saturated carbocycles. The van der Waals surface area contributed by atoms with Crippen LogP contribution in [0.2, 0.25) is 10.0 Å². The summed E-state index contributed by atoms with van der Waals surface area (Å²) < 4.78 is 26.9. The quantitative estimate of drug-likeness (QED) is 0.846. The van der Waals surface area contributed by atoms with Gasteiger partial charge in [-0.05, 0) is 30.7 Å². The van der Waals surface area contributed by atoms with E-state index >= 15 is 0 Å². The van der Waals surface area contributed by atoms with Gasteiger partial charge in [0.05, 0.1) is 21.9 Å². The molecule has 2 aromatic rings. The lowest BCUT2D eigenvalue weighted by molar-refractivity contribution is 0.601. The number of nitrogens with one attached hydrogen (secondary N) is 1. The molecule has 2 rings (SSSR count). The van der Waals surface area contributed by atoms with Gasteiger partial charge in [-0.1, -0.05) is 23.2 Å². The SMILES string of the molecule is Cc1cc(Cl)c(S(=O)(=O)Nc2cnccc2Cl)cc1N. The Balaban J connectivity index is 2.47. The van der Waals surface area contributed by atoms with Gasteiger partial charge in [0.25, 0.3) is 10.0 Å². The molecule has 0 aliphatic heterocycles. The van der Waals surface area contributed by atoms with Crippen molar-refractivity contribution in [2.75, 3.05) is 10.5 Å². The highest BCUT2D eigenvalue weighted by Gasteiger charge is 2.20. The summed E-state index contributed by atoms with van der Waals surface area (Å²) in [6, 6.07) is 4.28. The van der Waals surface area contributed by atoms with Crippen LogP contribution in [0.25, 0.3) is 0 Å². The molecule has 3 N–H and O–H groups in total. The third kappa shape index (κ3) is 2.98. The molecule has 0 saturated heterocycles. The Hall–Kier alpha value is -1.50. The highest BCUT2D eigenvalue weighted by atomic mass is 35.5. The van der Waals surface area contributed by atoms with Gasteiger partial charge < -0.3 is 5.73 Å². The van der Waals surface area contributed by atoms with Gasteiger partial charge in [-0.3, -0.25) is 9.71 Å². The summed E-state index contributed by atoms with van der Waals surface area (Å²) in [7, 11) is -3.89. The van der Waals surface area contributed by atoms with Gasteiger partial charge in [-0.25, -0.2) is 8.42 Å². The van der Waals surface area contributed by atoms with Crippen LogP contribution in [-0.4, -0.2) is 13.4 Å². The first-order chi connectivity index (χ1) is 9.31. The molecule has 20 heavy (non-hydrogen) atoms. The zero-order valence-electron chi connectivity index (χ0n) is 10.4. The number of aromatic nitrogens is 1. The molecule has 0 bridgehead atoms. The molecule has 0 unspecified atom stereocenters. The fourth-order valence-electron chi connectivity index (χ4n) is 1.53. The van der Waals surface area contributed by atoms with E-state index in [1.807, 2.05) is 0 Å². The lowest BCUT2D eigenvalue weighted by Gasteiger charge is -2.12. The Labute approximate surface area is 126 Å². The Morgan fingerprint density at radius 3 is 2.60 bits per heavy atom. The van der Waals surface area contributed by atoms with E-state index in [1.165, 1.54) is 30.6 Å². The van der Waals surface area contributed by atoms with Crippen molar-refractivity contribution in [2.24, 2.45) is 0 Å². The van der Waals surface area contributed by atoms with Gasteiger partial charge in [0.1, 0.15) is 4.90 Å². The van der Waals surface area contributed by atoms with Crippen molar-refractivity contribution in [3.8, 4) is 0 Å². The fourth-order valence-corrected chi connectivity index (χ4v) is 3.42. The van der Waals surface area contributed by atoms with E-state index in [-0.39, 0.29) is 20.6 Å². The maximum Gasteiger partial charge on any atom is 0.263 e. The van der Waals surface area contributed by atoms with Gasteiger partial charge >= 0.3 is 0 Å². The number of aryl methyl sites for hydroxylation is 1. The molecule has 0 fully saturated rings. The van der Waals surface area contributed by atoms with Gasteiger partial charge in [0.2, 0.25) is 0 Å². The molecule has 106 valence electrons. The molecule has 0 spiro atoms. The lowest BCUT2D eigenvalue weighted by Crippen LogP contribution is -2.14. The van der Waals surface area contributed by atoms with Crippen LogP contribution in [0.3, 0.4) is 0 Å². The first-order valence-electron chi connectivity index (χ1n) is 5.49. The van der Waals surface area contributed by atoms with Crippen molar-refractivity contribution in [1.82, 2.24) is 4.98 Å². The Kier molecular flexibility index (Phi) is 4.08. The summed E-state index contributed by atoms with van der Waals surface area (Å²) in [5, 5.41) is 0.323. The van der Waals surface area contributed by atoms with Crippen LogP contribution in [0.5, 0.6) is 0 Å². The minimum Gasteiger partial charge on any atom is -0.398 e. The number of nitrogen functional groups attached to an aromatic ring is 1. The molecule has 1 aromatic heterocycles. The molecule has 0 amide bonds. The summed E-state index contributed by atoms with van der Waals surface area (Å²) in [5.41, 5.74) is 6.93. The maximum atomic E-state index is 12.3. The van der Waals surface area contributed by atoms with E-state index < -0.39 is 10.0 Å². The number of benzene rings is 1. The van der Waals surface area contributed by atoms with Crippen LogP contribution in [-0.2, 0) is 10.0 Å². The zero-order valence-corrected chi connectivity index (χ0v) is 12.7. The van der Waals surface area contributed by atoms with E-state index in [9.17, 15) is 8.42 Å². The van der Waals surface area contributed by atoms with Crippen molar-refractivity contribution < 1.29 is 8.42 Å². The highest BCUT2D eigenvalue weighted by Crippen LogP contribution is 2.29. The summed E-state index contributed by atoms with van der Waals surface area (Å²) in [4.78, 5) is 3.70. The van der Waals surface area contributed by atoms with Crippen LogP contribution < -0.4 is 10.5 Å². The van der Waals surface area contributed by atoms with Crippen molar-refractivity contribution in [3.05, 3.63) is 46.2 Å². The number of nitrogens with two attached hydrogens (primary N) is 1. The number of rotatable bonds is 3. The first kappa shape index (κ1) is 14.9. The first-order valence-corrected chi connectivity index (χ1v) is 7.73. The average molecular weight is 332 g/mol. The van der Waals surface area contributed by atoms with E-state index in [4.69, 9.17) is 28.9 Å². The summed E-state index contributed by atoms with van der Waals surface area (Å²) in [5.74, 6) is 0. The Bertz CT molecular complexity index is 763. The van der Waals surface area contributed by atoms with Crippen LogP contribution in [0.4, 0.5) is 11.4 Å². The van der Waals surface area contributed by atoms with Crippen molar-refractivity contribution >= 4 is 44.6 Å². The third-order valence-electron chi connectivity index (χ3n) is 2.62. The normalized spacial score (nSPS) is 11.3. The van der Waals surface area contributed by atoms with Crippen LogP contribution in [0, 0.1) is 6.92 Å². The van der Waals surface area contributed by atoms with E-state index in [0.717, 1.165) is 0 Å². The van der Waals surface area contributed by atoms with Crippen LogP contribution >= 0.6 is 23.2 Å². The summed E-state index contributed by atoms with van der Waals surface area (Å²) in [6.45, 7) is 1.74. The molecule has 1 heterocycles. The monoisotopic (exact) mass is 331 g/mol. The van der Waals surface area contributed by atoms with E-state index in [2.05, 4.69) is 9.71 Å². The topological polar surface area (TPSA) is 85.1 Å². The second-order valence-electron chi connectivity index (χ2n) is 4.10. The lowest BCUT2D eigenvalue weighted by atomic mass is 10.2. The number of hydrogen-bond donors (Lipinski definition) is 2. The number of pyridine rings is 1. The van der Waals surface area contributed by atoms with E-state index in [0.29, 0.717) is 11.3 Å². The van der Waals surface area contributed by atoms with Gasteiger partial charge in [0.15, 0.2) is 0 Å². The molecule has 0 radical (unpaired) electrons. The maximum absolute atomic E-state index is 12.3. The zero-order chi connectivity index (χ0) is 14.9. The summed E-state index contributed by atoms with van der Waals surface area (Å²) >= 11 is 11.9. The molecule has 5 nitrogen and oxygen atoms in total. The minimum atomic E-state index is -3.89. The van der Waals surface area contributed by atoms with Crippen LogP contribution in [0.1, 0.15) is 5.56 Å². The van der Waals surface area contributed by atoms with Gasteiger partial charge in [0, 0.05) is 11.9 Å². The van der Waals surface area contributed by atoms with Crippen molar-refractivity contribution in [2.45, 2.75) is 11.8 Å². The Morgan fingerprint density at radius 1 is 1.25 bits per heavy atom. The largest absolute Gasteiger partial charge is 0.398 e. The average Bonchev–Trinajstić information content (AvgIpc) is 2.36. The number of halogens is 2. The molecular weight excluding hydrogens is 321 g/mol. The second kappa shape index (κ2) is 5.47. The van der Waals surface area contributed by atoms with Gasteiger partial charge in [-0.15, -0.1) is 0 Å². The molecular formula is C12H11Cl2N3O2S. The number of hydrogen-bond acceptors (Lipinski definition) is 4. The fraction of sp³-hybridized carbons (Fsp3) is 0.0833. The van der Waals surface area contributed by atoms with Crippen molar-refractivity contribution in [3.63, 3.8) is 0 Å². The molecule has 1 aromatic carbocycles. The predicted octanol–water partition coefficient (Wildman–Crippen LogP) is 3.08. The number of sulfonamides is 1. The number of anilines is 2. The van der Waals surface area contributed by atoms with Crippen LogP contribution in [0.15, 0.2) is 35.5 Å².